The van der Waals surface area contributed by atoms with Crippen LogP contribution in [0.4, 0.5) is 8.78 Å². The van der Waals surface area contributed by atoms with Crippen molar-refractivity contribution in [3.63, 3.8) is 0 Å². The summed E-state index contributed by atoms with van der Waals surface area (Å²) in [6.07, 6.45) is 5.26. The van der Waals surface area contributed by atoms with Gasteiger partial charge < -0.3 is 9.64 Å². The number of hydrogen-bond donors (Lipinski definition) is 0. The first-order valence-corrected chi connectivity index (χ1v) is 9.10. The Morgan fingerprint density at radius 1 is 0.955 bits per heavy atom. The number of rotatable bonds is 4. The van der Waals surface area contributed by atoms with E-state index in [0.717, 1.165) is 26.2 Å². The van der Waals surface area contributed by atoms with E-state index in [1.807, 2.05) is 27.7 Å². The second kappa shape index (κ2) is 8.05. The second-order valence-corrected chi connectivity index (χ2v) is 6.72. The first-order chi connectivity index (χ1) is 10.5. The summed E-state index contributed by atoms with van der Waals surface area (Å²) in [5, 5.41) is 0. The molecule has 3 fully saturated rings. The van der Waals surface area contributed by atoms with Crippen LogP contribution in [0.1, 0.15) is 66.2 Å². The Kier molecular flexibility index (Phi) is 7.25. The molecule has 1 spiro atoms. The maximum Gasteiger partial charge on any atom is 0.254 e. The fourth-order valence-corrected chi connectivity index (χ4v) is 3.87. The number of methoxy groups -OCH3 is 1. The lowest BCUT2D eigenvalue weighted by Gasteiger charge is -2.46. The fraction of sp³-hybridized carbons (Fsp3) is 1.00. The molecule has 1 heterocycles. The zero-order valence-corrected chi connectivity index (χ0v) is 15.2. The van der Waals surface area contributed by atoms with E-state index >= 15 is 0 Å². The molecule has 4 heteroatoms. The summed E-state index contributed by atoms with van der Waals surface area (Å²) in [5.74, 6) is -2.36. The molecule has 0 amide bonds. The van der Waals surface area contributed by atoms with E-state index in [-0.39, 0.29) is 6.42 Å². The predicted octanol–water partition coefficient (Wildman–Crippen LogP) is 4.98. The first kappa shape index (κ1) is 19.8. The van der Waals surface area contributed by atoms with Crippen LogP contribution in [0.15, 0.2) is 0 Å². The third-order valence-corrected chi connectivity index (χ3v) is 5.45. The SMILES string of the molecule is CC.CC.COCC1(CN2CCC3(CC2)CC3(F)F)CCC1. The van der Waals surface area contributed by atoms with Crippen molar-refractivity contribution in [2.75, 3.05) is 33.4 Å². The quantitative estimate of drug-likeness (QED) is 0.725. The van der Waals surface area contributed by atoms with Crippen LogP contribution >= 0.6 is 0 Å². The van der Waals surface area contributed by atoms with Crippen LogP contribution in [0.5, 0.6) is 0 Å². The van der Waals surface area contributed by atoms with E-state index < -0.39 is 11.3 Å². The van der Waals surface area contributed by atoms with E-state index in [9.17, 15) is 8.78 Å². The zero-order chi connectivity index (χ0) is 16.9. The maximum atomic E-state index is 13.3. The lowest BCUT2D eigenvalue weighted by atomic mass is 9.68. The Labute approximate surface area is 135 Å². The predicted molar refractivity (Wildman–Crippen MR) is 88.5 cm³/mol. The normalized spacial score (nSPS) is 26.9. The molecule has 0 atom stereocenters. The van der Waals surface area contributed by atoms with E-state index in [1.54, 1.807) is 7.11 Å². The van der Waals surface area contributed by atoms with Crippen LogP contribution in [0.3, 0.4) is 0 Å². The third-order valence-electron chi connectivity index (χ3n) is 5.45. The minimum Gasteiger partial charge on any atom is -0.384 e. The smallest absolute Gasteiger partial charge is 0.254 e. The number of ether oxygens (including phenoxy) is 1. The van der Waals surface area contributed by atoms with Crippen LogP contribution in [-0.4, -0.2) is 44.2 Å². The summed E-state index contributed by atoms with van der Waals surface area (Å²) in [6, 6.07) is 0. The molecule has 0 radical (unpaired) electrons. The Morgan fingerprint density at radius 2 is 1.45 bits per heavy atom. The average molecular weight is 319 g/mol. The molecular weight excluding hydrogens is 284 g/mol. The third kappa shape index (κ3) is 4.00. The van der Waals surface area contributed by atoms with Gasteiger partial charge in [-0.3, -0.25) is 0 Å². The lowest BCUT2D eigenvalue weighted by Crippen LogP contribution is -2.48. The molecule has 0 unspecified atom stereocenters. The van der Waals surface area contributed by atoms with Gasteiger partial charge in [0.05, 0.1) is 6.61 Å². The topological polar surface area (TPSA) is 12.5 Å². The molecule has 2 aliphatic carbocycles. The van der Waals surface area contributed by atoms with Gasteiger partial charge in [-0.05, 0) is 38.8 Å². The molecule has 0 aromatic carbocycles. The first-order valence-electron chi connectivity index (χ1n) is 9.10. The zero-order valence-electron chi connectivity index (χ0n) is 15.2. The number of alkyl halides is 2. The Morgan fingerprint density at radius 3 is 1.77 bits per heavy atom. The van der Waals surface area contributed by atoms with Crippen LogP contribution in [0.25, 0.3) is 0 Å². The lowest BCUT2D eigenvalue weighted by molar-refractivity contribution is -0.0291. The van der Waals surface area contributed by atoms with Crippen molar-refractivity contribution in [2.45, 2.75) is 72.1 Å². The highest BCUT2D eigenvalue weighted by molar-refractivity contribution is 5.12. The molecule has 1 aliphatic heterocycles. The van der Waals surface area contributed by atoms with Gasteiger partial charge in [0.15, 0.2) is 0 Å². The summed E-state index contributed by atoms with van der Waals surface area (Å²) in [6.45, 7) is 11.6. The van der Waals surface area contributed by atoms with Crippen LogP contribution in [-0.2, 0) is 4.74 Å². The molecule has 2 saturated carbocycles. The monoisotopic (exact) mass is 319 g/mol. The average Bonchev–Trinajstić information content (AvgIpc) is 3.04. The van der Waals surface area contributed by atoms with Gasteiger partial charge in [0, 0.05) is 30.9 Å². The van der Waals surface area contributed by atoms with Gasteiger partial charge in [-0.1, -0.05) is 34.1 Å². The summed E-state index contributed by atoms with van der Waals surface area (Å²) in [4.78, 5) is 2.39. The molecule has 132 valence electrons. The number of likely N-dealkylation sites (tertiary alicyclic amines) is 1. The number of halogens is 2. The minimum atomic E-state index is -2.36. The van der Waals surface area contributed by atoms with Gasteiger partial charge in [0.2, 0.25) is 0 Å². The van der Waals surface area contributed by atoms with Crippen molar-refractivity contribution in [2.24, 2.45) is 10.8 Å². The summed E-state index contributed by atoms with van der Waals surface area (Å²) >= 11 is 0. The number of nitrogens with zero attached hydrogens (tertiary/aromatic N) is 1. The van der Waals surface area contributed by atoms with E-state index in [0.29, 0.717) is 18.3 Å². The van der Waals surface area contributed by atoms with Crippen molar-refractivity contribution >= 4 is 0 Å². The second-order valence-electron chi connectivity index (χ2n) is 6.72. The molecule has 1 saturated heterocycles. The van der Waals surface area contributed by atoms with Crippen molar-refractivity contribution in [1.82, 2.24) is 4.90 Å². The van der Waals surface area contributed by atoms with Crippen molar-refractivity contribution in [3.8, 4) is 0 Å². The Balaban J connectivity index is 0.000000561. The molecule has 3 aliphatic rings. The summed E-state index contributed by atoms with van der Waals surface area (Å²) in [5.41, 5.74) is -0.289. The van der Waals surface area contributed by atoms with Gasteiger partial charge in [0.1, 0.15) is 0 Å². The molecular formula is C18H35F2NO. The molecule has 22 heavy (non-hydrogen) atoms. The molecule has 2 nitrogen and oxygen atoms in total. The summed E-state index contributed by atoms with van der Waals surface area (Å²) in [7, 11) is 1.76. The fourth-order valence-electron chi connectivity index (χ4n) is 3.87. The molecule has 0 N–H and O–H groups in total. The minimum absolute atomic E-state index is 0.136. The van der Waals surface area contributed by atoms with Gasteiger partial charge in [-0.15, -0.1) is 0 Å². The van der Waals surface area contributed by atoms with Crippen molar-refractivity contribution in [3.05, 3.63) is 0 Å². The van der Waals surface area contributed by atoms with Crippen molar-refractivity contribution < 1.29 is 13.5 Å². The Hall–Kier alpha value is -0.220. The highest BCUT2D eigenvalue weighted by Gasteiger charge is 2.70. The van der Waals surface area contributed by atoms with Gasteiger partial charge in [-0.2, -0.15) is 0 Å². The molecule has 0 aromatic heterocycles. The largest absolute Gasteiger partial charge is 0.384 e. The molecule has 3 rings (SSSR count). The van der Waals surface area contributed by atoms with Crippen LogP contribution < -0.4 is 0 Å². The van der Waals surface area contributed by atoms with E-state index in [4.69, 9.17) is 4.74 Å². The van der Waals surface area contributed by atoms with Crippen LogP contribution in [0.2, 0.25) is 0 Å². The molecule has 0 aromatic rings. The van der Waals surface area contributed by atoms with Crippen molar-refractivity contribution in [1.29, 1.82) is 0 Å². The van der Waals surface area contributed by atoms with Gasteiger partial charge >= 0.3 is 0 Å². The summed E-state index contributed by atoms with van der Waals surface area (Å²) < 4.78 is 31.9. The maximum absolute atomic E-state index is 13.3. The Bertz CT molecular complexity index is 321. The standard InChI is InChI=1S/C14H23F2NO.2C2H6/c1-18-11-12(3-2-4-12)10-17-7-5-13(6-8-17)9-14(13,15)16;2*1-2/h2-11H2,1H3;2*1-2H3. The highest BCUT2D eigenvalue weighted by Crippen LogP contribution is 2.65. The van der Waals surface area contributed by atoms with E-state index in [2.05, 4.69) is 4.90 Å². The van der Waals surface area contributed by atoms with E-state index in [1.165, 1.54) is 19.3 Å². The van der Waals surface area contributed by atoms with Gasteiger partial charge in [0.25, 0.3) is 5.92 Å². The van der Waals surface area contributed by atoms with Crippen LogP contribution in [0, 0.1) is 10.8 Å². The van der Waals surface area contributed by atoms with Gasteiger partial charge in [-0.25, -0.2) is 8.78 Å². The number of piperidine rings is 1. The highest BCUT2D eigenvalue weighted by atomic mass is 19.3. The molecule has 0 bridgehead atoms. The number of hydrogen-bond acceptors (Lipinski definition) is 2.